The molecular formula is C16H25NO. The Hall–Kier alpha value is -1.02. The van der Waals surface area contributed by atoms with Gasteiger partial charge in [0, 0.05) is 19.6 Å². The van der Waals surface area contributed by atoms with E-state index in [0.29, 0.717) is 0 Å². The number of benzene rings is 1. The Balaban J connectivity index is 0.000000574. The Bertz CT molecular complexity index is 348. The van der Waals surface area contributed by atoms with Crippen molar-refractivity contribution < 1.29 is 4.74 Å². The first kappa shape index (κ1) is 13.4. The molecule has 100 valence electrons. The van der Waals surface area contributed by atoms with Crippen LogP contribution in [0.1, 0.15) is 32.3 Å². The van der Waals surface area contributed by atoms with Crippen LogP contribution < -0.4 is 4.74 Å². The molecule has 1 saturated carbocycles. The maximum atomic E-state index is 5.17. The summed E-state index contributed by atoms with van der Waals surface area (Å²) in [6, 6.07) is 8.47. The first-order chi connectivity index (χ1) is 8.85. The number of nitrogens with zero attached hydrogens (tertiary/aromatic N) is 1. The number of likely N-dealkylation sites (tertiary alicyclic amines) is 1. The van der Waals surface area contributed by atoms with Gasteiger partial charge in [-0.3, -0.25) is 4.90 Å². The number of hydrogen-bond donors (Lipinski definition) is 0. The van der Waals surface area contributed by atoms with Crippen molar-refractivity contribution in [1.82, 2.24) is 4.90 Å². The SMILES string of the molecule is CC.COc1ccc(CN2CC3CCC3C2)cc1. The fourth-order valence-electron chi connectivity index (χ4n) is 2.97. The van der Waals surface area contributed by atoms with E-state index < -0.39 is 0 Å². The molecule has 0 radical (unpaired) electrons. The van der Waals surface area contributed by atoms with E-state index in [9.17, 15) is 0 Å². The third kappa shape index (κ3) is 2.86. The summed E-state index contributed by atoms with van der Waals surface area (Å²) >= 11 is 0. The summed E-state index contributed by atoms with van der Waals surface area (Å²) < 4.78 is 5.17. The van der Waals surface area contributed by atoms with Crippen molar-refractivity contribution in [3.8, 4) is 5.75 Å². The molecule has 18 heavy (non-hydrogen) atoms. The summed E-state index contributed by atoms with van der Waals surface area (Å²) in [6.45, 7) is 7.74. The summed E-state index contributed by atoms with van der Waals surface area (Å²) in [4.78, 5) is 2.60. The molecule has 3 rings (SSSR count). The predicted molar refractivity (Wildman–Crippen MR) is 75.8 cm³/mol. The van der Waals surface area contributed by atoms with Crippen molar-refractivity contribution in [1.29, 1.82) is 0 Å². The lowest BCUT2D eigenvalue weighted by Gasteiger charge is -2.28. The highest BCUT2D eigenvalue weighted by Gasteiger charge is 2.38. The van der Waals surface area contributed by atoms with Crippen LogP contribution in [0, 0.1) is 11.8 Å². The van der Waals surface area contributed by atoms with Crippen LogP contribution in [-0.4, -0.2) is 25.1 Å². The van der Waals surface area contributed by atoms with E-state index in [1.54, 1.807) is 7.11 Å². The summed E-state index contributed by atoms with van der Waals surface area (Å²) in [5.74, 6) is 2.97. The number of hydrogen-bond acceptors (Lipinski definition) is 2. The summed E-state index contributed by atoms with van der Waals surface area (Å²) in [5, 5.41) is 0. The second kappa shape index (κ2) is 6.24. The van der Waals surface area contributed by atoms with Crippen LogP contribution in [0.15, 0.2) is 24.3 Å². The lowest BCUT2D eigenvalue weighted by atomic mass is 9.77. The van der Waals surface area contributed by atoms with Gasteiger partial charge >= 0.3 is 0 Å². The first-order valence-corrected chi connectivity index (χ1v) is 7.20. The number of ether oxygens (including phenoxy) is 1. The van der Waals surface area contributed by atoms with Gasteiger partial charge in [0.1, 0.15) is 5.75 Å². The molecule has 0 N–H and O–H groups in total. The average molecular weight is 247 g/mol. The number of rotatable bonds is 3. The fraction of sp³-hybridized carbons (Fsp3) is 0.625. The van der Waals surface area contributed by atoms with Gasteiger partial charge in [-0.2, -0.15) is 0 Å². The third-order valence-electron chi connectivity index (χ3n) is 4.13. The lowest BCUT2D eigenvalue weighted by molar-refractivity contribution is 0.243. The number of methoxy groups -OCH3 is 1. The zero-order valence-electron chi connectivity index (χ0n) is 11.9. The van der Waals surface area contributed by atoms with E-state index in [0.717, 1.165) is 24.1 Å². The molecule has 0 aromatic heterocycles. The van der Waals surface area contributed by atoms with Crippen LogP contribution in [0.25, 0.3) is 0 Å². The molecule has 2 nitrogen and oxygen atoms in total. The van der Waals surface area contributed by atoms with Crippen molar-refractivity contribution in [2.45, 2.75) is 33.2 Å². The molecule has 0 spiro atoms. The standard InChI is InChI=1S/C14H19NO.C2H6/c1-16-14-6-2-11(3-7-14)8-15-9-12-4-5-13(12)10-15;1-2/h2-3,6-7,12-13H,4-5,8-10H2,1H3;1-2H3. The molecule has 1 aromatic carbocycles. The number of fused-ring (bicyclic) bond motifs is 1. The van der Waals surface area contributed by atoms with Crippen LogP contribution in [0.5, 0.6) is 5.75 Å². The quantitative estimate of drug-likeness (QED) is 0.809. The van der Waals surface area contributed by atoms with Gasteiger partial charge in [0.2, 0.25) is 0 Å². The van der Waals surface area contributed by atoms with Crippen molar-refractivity contribution in [2.75, 3.05) is 20.2 Å². The van der Waals surface area contributed by atoms with Gasteiger partial charge in [0.05, 0.1) is 7.11 Å². The molecule has 0 amide bonds. The minimum atomic E-state index is 0.949. The van der Waals surface area contributed by atoms with E-state index in [2.05, 4.69) is 29.2 Å². The minimum Gasteiger partial charge on any atom is -0.497 e. The molecule has 1 saturated heterocycles. The van der Waals surface area contributed by atoms with E-state index in [-0.39, 0.29) is 0 Å². The Morgan fingerprint density at radius 3 is 2.06 bits per heavy atom. The van der Waals surface area contributed by atoms with E-state index in [4.69, 9.17) is 4.74 Å². The molecule has 1 aliphatic carbocycles. The Kier molecular flexibility index (Phi) is 4.65. The van der Waals surface area contributed by atoms with Crippen molar-refractivity contribution >= 4 is 0 Å². The minimum absolute atomic E-state index is 0.949. The zero-order valence-corrected chi connectivity index (χ0v) is 11.9. The van der Waals surface area contributed by atoms with Crippen molar-refractivity contribution in [2.24, 2.45) is 11.8 Å². The van der Waals surface area contributed by atoms with Gasteiger partial charge < -0.3 is 4.74 Å². The summed E-state index contributed by atoms with van der Waals surface area (Å²) in [7, 11) is 1.72. The van der Waals surface area contributed by atoms with Gasteiger partial charge in [-0.05, 0) is 42.4 Å². The second-order valence-corrected chi connectivity index (χ2v) is 5.14. The van der Waals surface area contributed by atoms with Gasteiger partial charge in [-0.15, -0.1) is 0 Å². The monoisotopic (exact) mass is 247 g/mol. The largest absolute Gasteiger partial charge is 0.497 e. The average Bonchev–Trinajstić information content (AvgIpc) is 2.69. The van der Waals surface area contributed by atoms with Crippen LogP contribution in [0.4, 0.5) is 0 Å². The van der Waals surface area contributed by atoms with Crippen LogP contribution >= 0.6 is 0 Å². The summed E-state index contributed by atoms with van der Waals surface area (Å²) in [6.07, 6.45) is 2.92. The highest BCUT2D eigenvalue weighted by molar-refractivity contribution is 5.27. The smallest absolute Gasteiger partial charge is 0.118 e. The van der Waals surface area contributed by atoms with E-state index in [1.807, 2.05) is 13.8 Å². The molecular weight excluding hydrogens is 222 g/mol. The predicted octanol–water partition coefficient (Wildman–Crippen LogP) is 3.56. The highest BCUT2D eigenvalue weighted by Crippen LogP contribution is 2.40. The lowest BCUT2D eigenvalue weighted by Crippen LogP contribution is -2.22. The topological polar surface area (TPSA) is 12.5 Å². The molecule has 1 aromatic rings. The van der Waals surface area contributed by atoms with Gasteiger partial charge in [-0.1, -0.05) is 26.0 Å². The van der Waals surface area contributed by atoms with E-state index in [1.165, 1.54) is 31.5 Å². The van der Waals surface area contributed by atoms with Crippen LogP contribution in [0.3, 0.4) is 0 Å². The summed E-state index contributed by atoms with van der Waals surface area (Å²) in [5.41, 5.74) is 1.40. The Morgan fingerprint density at radius 1 is 1.06 bits per heavy atom. The van der Waals surface area contributed by atoms with Crippen molar-refractivity contribution in [3.05, 3.63) is 29.8 Å². The molecule has 0 bridgehead atoms. The molecule has 2 atom stereocenters. The molecule has 2 heteroatoms. The molecule has 2 fully saturated rings. The van der Waals surface area contributed by atoms with Crippen molar-refractivity contribution in [3.63, 3.8) is 0 Å². The normalized spacial score (nSPS) is 25.7. The Morgan fingerprint density at radius 2 is 1.61 bits per heavy atom. The maximum absolute atomic E-state index is 5.17. The third-order valence-corrected chi connectivity index (χ3v) is 4.13. The first-order valence-electron chi connectivity index (χ1n) is 7.20. The fourth-order valence-corrected chi connectivity index (χ4v) is 2.97. The van der Waals surface area contributed by atoms with Crippen LogP contribution in [0.2, 0.25) is 0 Å². The van der Waals surface area contributed by atoms with Gasteiger partial charge in [0.25, 0.3) is 0 Å². The molecule has 2 aliphatic rings. The van der Waals surface area contributed by atoms with Gasteiger partial charge in [0.15, 0.2) is 0 Å². The molecule has 1 heterocycles. The van der Waals surface area contributed by atoms with Gasteiger partial charge in [-0.25, -0.2) is 0 Å². The highest BCUT2D eigenvalue weighted by atomic mass is 16.5. The molecule has 2 unspecified atom stereocenters. The molecule has 1 aliphatic heterocycles. The Labute approximate surface area is 111 Å². The van der Waals surface area contributed by atoms with E-state index >= 15 is 0 Å². The van der Waals surface area contributed by atoms with Crippen LogP contribution in [-0.2, 0) is 6.54 Å². The second-order valence-electron chi connectivity index (χ2n) is 5.14. The zero-order chi connectivity index (χ0) is 13.0. The maximum Gasteiger partial charge on any atom is 0.118 e.